The number of aliphatic imine (C=N–C) groups is 1. The van der Waals surface area contributed by atoms with Crippen LogP contribution in [0, 0.1) is 5.92 Å². The molecule has 30 heavy (non-hydrogen) atoms. The number of benzene rings is 1. The molecule has 0 spiro atoms. The van der Waals surface area contributed by atoms with Gasteiger partial charge < -0.3 is 25.0 Å². The van der Waals surface area contributed by atoms with Gasteiger partial charge in [-0.1, -0.05) is 12.1 Å². The van der Waals surface area contributed by atoms with E-state index in [9.17, 15) is 4.79 Å². The molecule has 1 aliphatic rings. The van der Waals surface area contributed by atoms with Crippen molar-refractivity contribution in [2.75, 3.05) is 60.7 Å². The summed E-state index contributed by atoms with van der Waals surface area (Å²) >= 11 is 0. The van der Waals surface area contributed by atoms with Crippen molar-refractivity contribution in [3.63, 3.8) is 0 Å². The number of halogens is 1. The van der Waals surface area contributed by atoms with Crippen molar-refractivity contribution in [1.82, 2.24) is 15.5 Å². The molecule has 7 nitrogen and oxygen atoms in total. The summed E-state index contributed by atoms with van der Waals surface area (Å²) in [5, 5.41) is 6.64. The molecule has 0 unspecified atom stereocenters. The molecule has 1 fully saturated rings. The highest BCUT2D eigenvalue weighted by Gasteiger charge is 2.13. The number of amides is 1. The molecule has 2 N–H and O–H groups in total. The molecular weight excluding hydrogens is 495 g/mol. The van der Waals surface area contributed by atoms with Crippen molar-refractivity contribution < 1.29 is 14.3 Å². The SMILES string of the molecule is CN=C(NCCCOCC1CCOCC1)NCCc1cccc(C(=O)N(C)C)c1.I. The molecule has 2 rings (SSSR count). The van der Waals surface area contributed by atoms with E-state index in [-0.39, 0.29) is 29.9 Å². The number of guanidine groups is 1. The molecule has 1 heterocycles. The minimum atomic E-state index is 0. The Labute approximate surface area is 198 Å². The lowest BCUT2D eigenvalue weighted by Gasteiger charge is -2.21. The Morgan fingerprint density at radius 1 is 1.23 bits per heavy atom. The molecular formula is C22H37IN4O3. The van der Waals surface area contributed by atoms with Gasteiger partial charge in [-0.15, -0.1) is 24.0 Å². The van der Waals surface area contributed by atoms with E-state index in [2.05, 4.69) is 15.6 Å². The van der Waals surface area contributed by atoms with Crippen LogP contribution in [0.5, 0.6) is 0 Å². The average Bonchev–Trinajstić information content (AvgIpc) is 2.75. The van der Waals surface area contributed by atoms with Gasteiger partial charge in [-0.2, -0.15) is 0 Å². The molecule has 0 aromatic heterocycles. The first-order valence-corrected chi connectivity index (χ1v) is 10.5. The number of carbonyl (C=O) groups excluding carboxylic acids is 1. The van der Waals surface area contributed by atoms with Crippen molar-refractivity contribution in [3.8, 4) is 0 Å². The van der Waals surface area contributed by atoms with Crippen LogP contribution in [-0.4, -0.2) is 77.4 Å². The second kappa shape index (κ2) is 15.4. The summed E-state index contributed by atoms with van der Waals surface area (Å²) < 4.78 is 11.2. The molecule has 1 saturated heterocycles. The zero-order valence-corrected chi connectivity index (χ0v) is 20.8. The highest BCUT2D eigenvalue weighted by atomic mass is 127. The van der Waals surface area contributed by atoms with Gasteiger partial charge in [0.15, 0.2) is 5.96 Å². The summed E-state index contributed by atoms with van der Waals surface area (Å²) in [6.07, 6.45) is 3.99. The van der Waals surface area contributed by atoms with E-state index in [1.165, 1.54) is 0 Å². The Hall–Kier alpha value is -1.39. The van der Waals surface area contributed by atoms with Gasteiger partial charge in [-0.25, -0.2) is 0 Å². The van der Waals surface area contributed by atoms with E-state index in [0.717, 1.165) is 82.3 Å². The number of rotatable bonds is 10. The maximum absolute atomic E-state index is 12.1. The zero-order chi connectivity index (χ0) is 20.9. The van der Waals surface area contributed by atoms with Crippen LogP contribution in [0.2, 0.25) is 0 Å². The van der Waals surface area contributed by atoms with Gasteiger partial charge in [0.2, 0.25) is 0 Å². The fraction of sp³-hybridized carbons (Fsp3) is 0.636. The molecule has 1 aliphatic heterocycles. The van der Waals surface area contributed by atoms with Gasteiger partial charge in [0.1, 0.15) is 0 Å². The number of nitrogens with zero attached hydrogens (tertiary/aromatic N) is 2. The second-order valence-corrected chi connectivity index (χ2v) is 7.56. The van der Waals surface area contributed by atoms with E-state index < -0.39 is 0 Å². The van der Waals surface area contributed by atoms with E-state index in [4.69, 9.17) is 9.47 Å². The van der Waals surface area contributed by atoms with Crippen molar-refractivity contribution in [2.45, 2.75) is 25.7 Å². The second-order valence-electron chi connectivity index (χ2n) is 7.56. The normalized spacial score (nSPS) is 14.7. The number of carbonyl (C=O) groups is 1. The van der Waals surface area contributed by atoms with Gasteiger partial charge in [0.05, 0.1) is 0 Å². The van der Waals surface area contributed by atoms with Crippen LogP contribution in [0.15, 0.2) is 29.3 Å². The molecule has 0 aliphatic carbocycles. The highest BCUT2D eigenvalue weighted by molar-refractivity contribution is 14.0. The van der Waals surface area contributed by atoms with Gasteiger partial charge in [0.25, 0.3) is 5.91 Å². The maximum Gasteiger partial charge on any atom is 0.253 e. The summed E-state index contributed by atoms with van der Waals surface area (Å²) in [6, 6.07) is 7.78. The van der Waals surface area contributed by atoms with Crippen molar-refractivity contribution in [1.29, 1.82) is 0 Å². The molecule has 0 bridgehead atoms. The number of nitrogens with one attached hydrogen (secondary N) is 2. The topological polar surface area (TPSA) is 75.2 Å². The lowest BCUT2D eigenvalue weighted by Crippen LogP contribution is -2.39. The molecule has 1 aromatic rings. The fourth-order valence-electron chi connectivity index (χ4n) is 3.21. The van der Waals surface area contributed by atoms with E-state index >= 15 is 0 Å². The predicted octanol–water partition coefficient (Wildman–Crippen LogP) is 2.55. The minimum Gasteiger partial charge on any atom is -0.381 e. The monoisotopic (exact) mass is 532 g/mol. The number of hydrogen-bond acceptors (Lipinski definition) is 4. The third-order valence-electron chi connectivity index (χ3n) is 4.96. The third-order valence-corrected chi connectivity index (χ3v) is 4.96. The van der Waals surface area contributed by atoms with Crippen LogP contribution >= 0.6 is 24.0 Å². The predicted molar refractivity (Wildman–Crippen MR) is 132 cm³/mol. The van der Waals surface area contributed by atoms with Crippen LogP contribution in [0.25, 0.3) is 0 Å². The van der Waals surface area contributed by atoms with Gasteiger partial charge in [-0.05, 0) is 49.3 Å². The quantitative estimate of drug-likeness (QED) is 0.210. The molecule has 1 aromatic carbocycles. The van der Waals surface area contributed by atoms with Crippen LogP contribution in [-0.2, 0) is 15.9 Å². The smallest absolute Gasteiger partial charge is 0.253 e. The number of hydrogen-bond donors (Lipinski definition) is 2. The molecule has 0 atom stereocenters. The Bertz CT molecular complexity index is 649. The van der Waals surface area contributed by atoms with Gasteiger partial charge >= 0.3 is 0 Å². The zero-order valence-electron chi connectivity index (χ0n) is 18.5. The standard InChI is InChI=1S/C22H36N4O3.HI/c1-23-22(24-11-5-13-29-17-19-9-14-28-15-10-19)25-12-8-18-6-4-7-20(16-18)21(27)26(2)3;/h4,6-7,16,19H,5,8-15,17H2,1-3H3,(H2,23,24,25);1H. The Kier molecular flexibility index (Phi) is 13.7. The highest BCUT2D eigenvalue weighted by Crippen LogP contribution is 2.14. The molecule has 8 heteroatoms. The maximum atomic E-state index is 12.1. The summed E-state index contributed by atoms with van der Waals surface area (Å²) in [5.41, 5.74) is 1.85. The fourth-order valence-corrected chi connectivity index (χ4v) is 3.21. The summed E-state index contributed by atoms with van der Waals surface area (Å²) in [6.45, 7) is 4.90. The summed E-state index contributed by atoms with van der Waals surface area (Å²) in [4.78, 5) is 17.9. The molecule has 0 saturated carbocycles. The van der Waals surface area contributed by atoms with Crippen LogP contribution in [0.4, 0.5) is 0 Å². The Morgan fingerprint density at radius 2 is 1.97 bits per heavy atom. The first-order valence-electron chi connectivity index (χ1n) is 10.5. The van der Waals surface area contributed by atoms with E-state index in [1.807, 2.05) is 24.3 Å². The minimum absolute atomic E-state index is 0. The van der Waals surface area contributed by atoms with E-state index in [1.54, 1.807) is 26.0 Å². The molecule has 170 valence electrons. The third kappa shape index (κ3) is 10.1. The summed E-state index contributed by atoms with van der Waals surface area (Å²) in [5.74, 6) is 1.46. The summed E-state index contributed by atoms with van der Waals surface area (Å²) in [7, 11) is 5.30. The van der Waals surface area contributed by atoms with Crippen molar-refractivity contribution in [2.24, 2.45) is 10.9 Å². The van der Waals surface area contributed by atoms with Crippen LogP contribution < -0.4 is 10.6 Å². The lowest BCUT2D eigenvalue weighted by molar-refractivity contribution is 0.0203. The van der Waals surface area contributed by atoms with Crippen LogP contribution in [0.3, 0.4) is 0 Å². The Balaban J connectivity index is 0.00000450. The largest absolute Gasteiger partial charge is 0.381 e. The van der Waals surface area contributed by atoms with Gasteiger partial charge in [-0.3, -0.25) is 9.79 Å². The van der Waals surface area contributed by atoms with Crippen LogP contribution in [0.1, 0.15) is 35.2 Å². The first-order chi connectivity index (χ1) is 14.1. The van der Waals surface area contributed by atoms with Crippen molar-refractivity contribution >= 4 is 35.8 Å². The molecule has 1 amide bonds. The van der Waals surface area contributed by atoms with Gasteiger partial charge in [0, 0.05) is 66.2 Å². The Morgan fingerprint density at radius 3 is 2.67 bits per heavy atom. The average molecular weight is 532 g/mol. The lowest BCUT2D eigenvalue weighted by atomic mass is 10.0. The first kappa shape index (κ1) is 26.6. The number of ether oxygens (including phenoxy) is 2. The van der Waals surface area contributed by atoms with Crippen molar-refractivity contribution in [3.05, 3.63) is 35.4 Å². The molecule has 0 radical (unpaired) electrons. The van der Waals surface area contributed by atoms with E-state index in [0.29, 0.717) is 5.92 Å².